The van der Waals surface area contributed by atoms with Gasteiger partial charge in [0.1, 0.15) is 10.8 Å². The fourth-order valence-corrected chi connectivity index (χ4v) is 4.41. The largest absolute Gasteiger partial charge is 0.497 e. The van der Waals surface area contributed by atoms with Gasteiger partial charge in [-0.1, -0.05) is 24.3 Å². The van der Waals surface area contributed by atoms with E-state index in [1.807, 2.05) is 53.4 Å². The van der Waals surface area contributed by atoms with Crippen molar-refractivity contribution in [3.8, 4) is 5.75 Å². The summed E-state index contributed by atoms with van der Waals surface area (Å²) in [7, 11) is 1.64. The molecular formula is C21H20N2O2S. The highest BCUT2D eigenvalue weighted by Crippen LogP contribution is 2.36. The molecule has 1 aliphatic rings. The second-order valence-electron chi connectivity index (χ2n) is 6.32. The van der Waals surface area contributed by atoms with E-state index >= 15 is 0 Å². The van der Waals surface area contributed by atoms with E-state index in [9.17, 15) is 4.79 Å². The molecule has 4 rings (SSSR count). The number of hydrogen-bond donors (Lipinski definition) is 0. The molecule has 1 amide bonds. The van der Waals surface area contributed by atoms with Gasteiger partial charge in [-0.05, 0) is 48.7 Å². The average molecular weight is 364 g/mol. The molecule has 0 N–H and O–H groups in total. The molecule has 0 aliphatic carbocycles. The van der Waals surface area contributed by atoms with Gasteiger partial charge in [0, 0.05) is 12.6 Å². The molecule has 1 aliphatic heterocycles. The van der Waals surface area contributed by atoms with Crippen LogP contribution in [-0.4, -0.2) is 29.4 Å². The molecular weight excluding hydrogens is 344 g/mol. The van der Waals surface area contributed by atoms with E-state index in [0.717, 1.165) is 41.2 Å². The number of nitrogens with zero attached hydrogens (tertiary/aromatic N) is 2. The number of amides is 1. The summed E-state index contributed by atoms with van der Waals surface area (Å²) in [6, 6.07) is 15.9. The van der Waals surface area contributed by atoms with Gasteiger partial charge in [0.25, 0.3) is 0 Å². The third-order valence-electron chi connectivity index (χ3n) is 4.67. The Bertz CT molecular complexity index is 913. The molecule has 1 atom stereocenters. The van der Waals surface area contributed by atoms with Crippen LogP contribution >= 0.6 is 11.3 Å². The molecule has 2 aromatic carbocycles. The molecule has 0 radical (unpaired) electrons. The highest BCUT2D eigenvalue weighted by molar-refractivity contribution is 7.18. The minimum absolute atomic E-state index is 0.0441. The Kier molecular flexibility index (Phi) is 4.71. The van der Waals surface area contributed by atoms with E-state index in [2.05, 4.69) is 6.07 Å². The van der Waals surface area contributed by atoms with Gasteiger partial charge in [-0.2, -0.15) is 0 Å². The van der Waals surface area contributed by atoms with Gasteiger partial charge in [0.2, 0.25) is 5.91 Å². The van der Waals surface area contributed by atoms with Crippen LogP contribution in [0.25, 0.3) is 16.3 Å². The molecule has 4 nitrogen and oxygen atoms in total. The molecule has 2 heterocycles. The van der Waals surface area contributed by atoms with Gasteiger partial charge >= 0.3 is 0 Å². The third kappa shape index (κ3) is 3.35. The summed E-state index contributed by atoms with van der Waals surface area (Å²) in [6.45, 7) is 0.784. The van der Waals surface area contributed by atoms with Gasteiger partial charge < -0.3 is 9.64 Å². The van der Waals surface area contributed by atoms with E-state index in [1.165, 1.54) is 4.70 Å². The van der Waals surface area contributed by atoms with Crippen LogP contribution in [0, 0.1) is 0 Å². The first-order valence-corrected chi connectivity index (χ1v) is 9.54. The van der Waals surface area contributed by atoms with Crippen molar-refractivity contribution < 1.29 is 9.53 Å². The Morgan fingerprint density at radius 1 is 1.23 bits per heavy atom. The third-order valence-corrected chi connectivity index (χ3v) is 5.80. The van der Waals surface area contributed by atoms with Crippen molar-refractivity contribution in [1.82, 2.24) is 9.88 Å². The van der Waals surface area contributed by atoms with Gasteiger partial charge in [-0.25, -0.2) is 4.98 Å². The van der Waals surface area contributed by atoms with Crippen LogP contribution in [0.5, 0.6) is 5.75 Å². The second kappa shape index (κ2) is 7.30. The summed E-state index contributed by atoms with van der Waals surface area (Å²) in [5.74, 6) is 0.853. The van der Waals surface area contributed by atoms with Crippen molar-refractivity contribution in [2.24, 2.45) is 0 Å². The number of para-hydroxylation sites is 1. The van der Waals surface area contributed by atoms with Gasteiger partial charge in [0.05, 0.1) is 23.4 Å². The Morgan fingerprint density at radius 3 is 2.81 bits per heavy atom. The lowest BCUT2D eigenvalue weighted by molar-refractivity contribution is -0.126. The summed E-state index contributed by atoms with van der Waals surface area (Å²) >= 11 is 1.69. The summed E-state index contributed by atoms with van der Waals surface area (Å²) in [4.78, 5) is 19.4. The number of methoxy groups -OCH3 is 1. The Balaban J connectivity index is 1.51. The van der Waals surface area contributed by atoms with Crippen molar-refractivity contribution in [2.45, 2.75) is 18.9 Å². The molecule has 1 fully saturated rings. The molecule has 1 aromatic heterocycles. The number of ether oxygens (including phenoxy) is 1. The van der Waals surface area contributed by atoms with Crippen LogP contribution in [0.2, 0.25) is 0 Å². The molecule has 0 bridgehead atoms. The number of fused-ring (bicyclic) bond motifs is 1. The number of benzene rings is 2. The van der Waals surface area contributed by atoms with Crippen molar-refractivity contribution in [2.75, 3.05) is 13.7 Å². The van der Waals surface area contributed by atoms with Crippen molar-refractivity contribution >= 4 is 33.5 Å². The lowest BCUT2D eigenvalue weighted by atomic mass is 10.2. The number of rotatable bonds is 4. The number of hydrogen-bond acceptors (Lipinski definition) is 4. The van der Waals surface area contributed by atoms with Crippen LogP contribution in [-0.2, 0) is 4.79 Å². The van der Waals surface area contributed by atoms with Gasteiger partial charge in [-0.3, -0.25) is 4.79 Å². The van der Waals surface area contributed by atoms with Crippen LogP contribution in [0.3, 0.4) is 0 Å². The zero-order valence-corrected chi connectivity index (χ0v) is 15.4. The Morgan fingerprint density at radius 2 is 2.04 bits per heavy atom. The summed E-state index contributed by atoms with van der Waals surface area (Å²) in [5, 5.41) is 1.04. The van der Waals surface area contributed by atoms with Crippen molar-refractivity contribution in [3.63, 3.8) is 0 Å². The quantitative estimate of drug-likeness (QED) is 0.631. The molecule has 5 heteroatoms. The average Bonchev–Trinajstić information content (AvgIpc) is 3.32. The smallest absolute Gasteiger partial charge is 0.247 e. The Labute approximate surface area is 156 Å². The van der Waals surface area contributed by atoms with Crippen molar-refractivity contribution in [1.29, 1.82) is 0 Å². The first-order valence-electron chi connectivity index (χ1n) is 8.73. The topological polar surface area (TPSA) is 42.4 Å². The highest BCUT2D eigenvalue weighted by atomic mass is 32.1. The lowest BCUT2D eigenvalue weighted by Crippen LogP contribution is -2.28. The molecule has 26 heavy (non-hydrogen) atoms. The summed E-state index contributed by atoms with van der Waals surface area (Å²) < 4.78 is 6.34. The monoisotopic (exact) mass is 364 g/mol. The maximum Gasteiger partial charge on any atom is 0.247 e. The van der Waals surface area contributed by atoms with E-state index in [-0.39, 0.29) is 11.9 Å². The van der Waals surface area contributed by atoms with Gasteiger partial charge in [0.15, 0.2) is 0 Å². The normalized spacial score (nSPS) is 17.3. The van der Waals surface area contributed by atoms with Gasteiger partial charge in [-0.15, -0.1) is 11.3 Å². The fraction of sp³-hybridized carbons (Fsp3) is 0.238. The van der Waals surface area contributed by atoms with E-state index in [1.54, 1.807) is 24.5 Å². The first-order chi connectivity index (χ1) is 12.7. The standard InChI is InChI=1S/C21H20N2O2S/c1-25-16-11-8-15(9-12-16)10-13-20(24)23-14-4-6-18(23)21-22-17-5-2-3-7-19(17)26-21/h2-3,5,7-13,18H,4,6,14H2,1H3/b13-10+/t18-/m1/s1. The molecule has 1 saturated heterocycles. The molecule has 0 unspecified atom stereocenters. The van der Waals surface area contributed by atoms with E-state index < -0.39 is 0 Å². The maximum absolute atomic E-state index is 12.7. The number of carbonyl (C=O) groups excluding carboxylic acids is 1. The molecule has 3 aromatic rings. The number of likely N-dealkylation sites (tertiary alicyclic amines) is 1. The zero-order chi connectivity index (χ0) is 17.9. The predicted octanol–water partition coefficient (Wildman–Crippen LogP) is 4.68. The van der Waals surface area contributed by atoms with Crippen LogP contribution in [0.15, 0.2) is 54.6 Å². The van der Waals surface area contributed by atoms with Crippen LogP contribution < -0.4 is 4.74 Å². The number of carbonyl (C=O) groups is 1. The van der Waals surface area contributed by atoms with Crippen LogP contribution in [0.4, 0.5) is 0 Å². The zero-order valence-electron chi connectivity index (χ0n) is 14.6. The van der Waals surface area contributed by atoms with E-state index in [4.69, 9.17) is 9.72 Å². The second-order valence-corrected chi connectivity index (χ2v) is 7.38. The Hall–Kier alpha value is -2.66. The molecule has 132 valence electrons. The first kappa shape index (κ1) is 16.8. The maximum atomic E-state index is 12.7. The number of aromatic nitrogens is 1. The highest BCUT2D eigenvalue weighted by Gasteiger charge is 2.31. The minimum Gasteiger partial charge on any atom is -0.497 e. The fourth-order valence-electron chi connectivity index (χ4n) is 3.30. The molecule has 0 spiro atoms. The van der Waals surface area contributed by atoms with E-state index in [0.29, 0.717) is 0 Å². The van der Waals surface area contributed by atoms with Crippen LogP contribution in [0.1, 0.15) is 29.5 Å². The summed E-state index contributed by atoms with van der Waals surface area (Å²) in [6.07, 6.45) is 5.51. The summed E-state index contributed by atoms with van der Waals surface area (Å²) in [5.41, 5.74) is 2.00. The SMILES string of the molecule is COc1ccc(/C=C/C(=O)N2CCC[C@@H]2c2nc3ccccc3s2)cc1. The predicted molar refractivity (Wildman–Crippen MR) is 105 cm³/mol. The van der Waals surface area contributed by atoms with Crippen molar-refractivity contribution in [3.05, 3.63) is 65.2 Å². The minimum atomic E-state index is 0.0441. The number of thiazole rings is 1. The molecule has 0 saturated carbocycles. The lowest BCUT2D eigenvalue weighted by Gasteiger charge is -2.21.